The van der Waals surface area contributed by atoms with E-state index in [9.17, 15) is 0 Å². The number of hydrogen-bond donors (Lipinski definition) is 1. The molecule has 1 N–H and O–H groups in total. The summed E-state index contributed by atoms with van der Waals surface area (Å²) in [4.78, 5) is 8.34. The zero-order valence-electron chi connectivity index (χ0n) is 12.9. The molecular formula is C15H27N3O2. The number of ether oxygens (including phenoxy) is 2. The fraction of sp³-hybridized carbons (Fsp3) is 0.733. The zero-order valence-corrected chi connectivity index (χ0v) is 12.9. The van der Waals surface area contributed by atoms with Gasteiger partial charge in [0.05, 0.1) is 13.7 Å². The number of nitrogens with zero attached hydrogens (tertiary/aromatic N) is 2. The van der Waals surface area contributed by atoms with Gasteiger partial charge in [-0.1, -0.05) is 39.5 Å². The molecule has 0 unspecified atom stereocenters. The molecule has 0 aliphatic carbocycles. The van der Waals surface area contributed by atoms with Crippen LogP contribution in [0.2, 0.25) is 0 Å². The molecule has 0 amide bonds. The van der Waals surface area contributed by atoms with Gasteiger partial charge in [0.2, 0.25) is 5.75 Å². The van der Waals surface area contributed by atoms with E-state index in [4.69, 9.17) is 9.47 Å². The van der Waals surface area contributed by atoms with Gasteiger partial charge < -0.3 is 14.8 Å². The molecule has 20 heavy (non-hydrogen) atoms. The van der Waals surface area contributed by atoms with Crippen LogP contribution in [0.4, 0.5) is 5.82 Å². The van der Waals surface area contributed by atoms with Crippen LogP contribution in [-0.2, 0) is 0 Å². The minimum Gasteiger partial charge on any atom is -0.489 e. The fourth-order valence-corrected chi connectivity index (χ4v) is 1.89. The van der Waals surface area contributed by atoms with Crippen molar-refractivity contribution >= 4 is 5.82 Å². The van der Waals surface area contributed by atoms with E-state index in [1.165, 1.54) is 32.0 Å². The van der Waals surface area contributed by atoms with E-state index in [-0.39, 0.29) is 0 Å². The number of anilines is 1. The summed E-state index contributed by atoms with van der Waals surface area (Å²) in [6.07, 6.45) is 8.60. The number of unbranched alkanes of at least 4 members (excludes halogenated alkanes) is 4. The molecule has 5 nitrogen and oxygen atoms in total. The molecular weight excluding hydrogens is 254 g/mol. The van der Waals surface area contributed by atoms with Gasteiger partial charge in [0.1, 0.15) is 6.33 Å². The molecule has 0 fully saturated rings. The van der Waals surface area contributed by atoms with Gasteiger partial charge in [-0.2, -0.15) is 4.98 Å². The monoisotopic (exact) mass is 281 g/mol. The summed E-state index contributed by atoms with van der Waals surface area (Å²) in [6, 6.07) is 0. The van der Waals surface area contributed by atoms with Crippen molar-refractivity contribution < 1.29 is 9.47 Å². The van der Waals surface area contributed by atoms with Crippen molar-refractivity contribution in [3.8, 4) is 11.6 Å². The molecule has 1 rings (SSSR count). The van der Waals surface area contributed by atoms with E-state index in [1.54, 1.807) is 7.11 Å². The Labute approximate surface area is 122 Å². The van der Waals surface area contributed by atoms with Crippen LogP contribution >= 0.6 is 0 Å². The third kappa shape index (κ3) is 5.63. The first-order chi connectivity index (χ1) is 9.83. The number of nitrogens with one attached hydrogen (secondary N) is 1. The summed E-state index contributed by atoms with van der Waals surface area (Å²) >= 11 is 0. The topological polar surface area (TPSA) is 56.3 Å². The third-order valence-corrected chi connectivity index (χ3v) is 3.00. The van der Waals surface area contributed by atoms with Gasteiger partial charge in [0.25, 0.3) is 5.88 Å². The third-order valence-electron chi connectivity index (χ3n) is 3.00. The highest BCUT2D eigenvalue weighted by Gasteiger charge is 2.12. The first-order valence-electron chi connectivity index (χ1n) is 7.59. The maximum Gasteiger partial charge on any atom is 0.262 e. The largest absolute Gasteiger partial charge is 0.489 e. The van der Waals surface area contributed by atoms with E-state index in [0.29, 0.717) is 24.1 Å². The van der Waals surface area contributed by atoms with Crippen LogP contribution < -0.4 is 14.8 Å². The first kappa shape index (κ1) is 16.5. The summed E-state index contributed by atoms with van der Waals surface area (Å²) in [5, 5.41) is 3.22. The van der Waals surface area contributed by atoms with E-state index in [2.05, 4.69) is 29.1 Å². The molecule has 1 aromatic rings. The summed E-state index contributed by atoms with van der Waals surface area (Å²) in [5.41, 5.74) is 0. The lowest BCUT2D eigenvalue weighted by Crippen LogP contribution is -2.07. The summed E-state index contributed by atoms with van der Waals surface area (Å²) in [5.74, 6) is 1.82. The van der Waals surface area contributed by atoms with Gasteiger partial charge >= 0.3 is 0 Å². The zero-order chi connectivity index (χ0) is 14.6. The average molecular weight is 281 g/mol. The Hall–Kier alpha value is -1.52. The number of hydrogen-bond acceptors (Lipinski definition) is 5. The Morgan fingerprint density at radius 2 is 1.85 bits per heavy atom. The molecule has 0 radical (unpaired) electrons. The minimum atomic E-state index is 0.525. The highest BCUT2D eigenvalue weighted by molar-refractivity contribution is 5.54. The Balaban J connectivity index is 2.47. The molecule has 5 heteroatoms. The molecule has 1 heterocycles. The molecule has 0 aliphatic heterocycles. The fourth-order valence-electron chi connectivity index (χ4n) is 1.89. The van der Waals surface area contributed by atoms with Crippen molar-refractivity contribution in [1.29, 1.82) is 0 Å². The molecule has 114 valence electrons. The SMILES string of the molecule is CCCCCCCOc1ncnc(NCCC)c1OC. The summed E-state index contributed by atoms with van der Waals surface area (Å²) < 4.78 is 11.1. The van der Waals surface area contributed by atoms with Crippen molar-refractivity contribution in [2.24, 2.45) is 0 Å². The van der Waals surface area contributed by atoms with Crippen LogP contribution in [0.5, 0.6) is 11.6 Å². The summed E-state index contributed by atoms with van der Waals surface area (Å²) in [6.45, 7) is 5.84. The van der Waals surface area contributed by atoms with Crippen LogP contribution in [0.1, 0.15) is 52.4 Å². The smallest absolute Gasteiger partial charge is 0.262 e. The number of rotatable bonds is 11. The van der Waals surface area contributed by atoms with Crippen LogP contribution in [0.15, 0.2) is 6.33 Å². The molecule has 0 bridgehead atoms. The van der Waals surface area contributed by atoms with Crippen molar-refractivity contribution in [2.45, 2.75) is 52.4 Å². The molecule has 0 aromatic carbocycles. The highest BCUT2D eigenvalue weighted by Crippen LogP contribution is 2.30. The molecule has 0 saturated carbocycles. The average Bonchev–Trinajstić information content (AvgIpc) is 2.48. The maximum absolute atomic E-state index is 5.71. The Bertz CT molecular complexity index is 372. The van der Waals surface area contributed by atoms with Crippen molar-refractivity contribution in [1.82, 2.24) is 9.97 Å². The predicted octanol–water partition coefficient (Wildman–Crippen LogP) is 3.66. The van der Waals surface area contributed by atoms with E-state index in [1.807, 2.05) is 0 Å². The highest BCUT2D eigenvalue weighted by atomic mass is 16.5. The van der Waals surface area contributed by atoms with Gasteiger partial charge in [-0.15, -0.1) is 0 Å². The Kier molecular flexibility index (Phi) is 8.51. The predicted molar refractivity (Wildman–Crippen MR) is 81.6 cm³/mol. The van der Waals surface area contributed by atoms with Gasteiger partial charge in [-0.3, -0.25) is 0 Å². The normalized spacial score (nSPS) is 10.3. The van der Waals surface area contributed by atoms with Crippen molar-refractivity contribution in [3.05, 3.63) is 6.33 Å². The van der Waals surface area contributed by atoms with E-state index >= 15 is 0 Å². The Morgan fingerprint density at radius 1 is 1.05 bits per heavy atom. The second-order valence-corrected chi connectivity index (χ2v) is 4.75. The van der Waals surface area contributed by atoms with Crippen LogP contribution in [0, 0.1) is 0 Å². The lowest BCUT2D eigenvalue weighted by molar-refractivity contribution is 0.273. The van der Waals surface area contributed by atoms with E-state index < -0.39 is 0 Å². The van der Waals surface area contributed by atoms with Crippen LogP contribution in [-0.4, -0.2) is 30.2 Å². The second-order valence-electron chi connectivity index (χ2n) is 4.75. The van der Waals surface area contributed by atoms with E-state index in [0.717, 1.165) is 19.4 Å². The van der Waals surface area contributed by atoms with Gasteiger partial charge in [-0.25, -0.2) is 4.98 Å². The van der Waals surface area contributed by atoms with Gasteiger partial charge in [0.15, 0.2) is 5.82 Å². The van der Waals surface area contributed by atoms with Crippen LogP contribution in [0.3, 0.4) is 0 Å². The van der Waals surface area contributed by atoms with Gasteiger partial charge in [0, 0.05) is 6.54 Å². The standard InChI is InChI=1S/C15H27N3O2/c1-4-6-7-8-9-11-20-15-13(19-3)14(16-10-5-2)17-12-18-15/h12H,4-11H2,1-3H3,(H,16,17,18). The number of methoxy groups -OCH3 is 1. The van der Waals surface area contributed by atoms with Gasteiger partial charge in [-0.05, 0) is 12.8 Å². The molecule has 0 saturated heterocycles. The maximum atomic E-state index is 5.71. The molecule has 0 aliphatic rings. The summed E-state index contributed by atoms with van der Waals surface area (Å²) in [7, 11) is 1.62. The second kappa shape index (κ2) is 10.3. The van der Waals surface area contributed by atoms with Crippen molar-refractivity contribution in [3.63, 3.8) is 0 Å². The lowest BCUT2D eigenvalue weighted by atomic mass is 10.2. The molecule has 1 aromatic heterocycles. The van der Waals surface area contributed by atoms with Crippen LogP contribution in [0.25, 0.3) is 0 Å². The first-order valence-corrected chi connectivity index (χ1v) is 7.59. The lowest BCUT2D eigenvalue weighted by Gasteiger charge is -2.13. The number of aromatic nitrogens is 2. The van der Waals surface area contributed by atoms with Crippen molar-refractivity contribution in [2.75, 3.05) is 25.6 Å². The molecule has 0 atom stereocenters. The minimum absolute atomic E-state index is 0.525. The molecule has 0 spiro atoms. The Morgan fingerprint density at radius 3 is 2.55 bits per heavy atom. The quantitative estimate of drug-likeness (QED) is 0.627.